The molecule has 0 aromatic heterocycles. The summed E-state index contributed by atoms with van der Waals surface area (Å²) in [5.41, 5.74) is 2.82. The van der Waals surface area contributed by atoms with E-state index in [0.29, 0.717) is 5.69 Å². The van der Waals surface area contributed by atoms with Crippen LogP contribution in [0.25, 0.3) is 0 Å². The minimum atomic E-state index is -4.74. The Morgan fingerprint density at radius 2 is 1.85 bits per heavy atom. The van der Waals surface area contributed by atoms with E-state index >= 15 is 0 Å². The number of carbonyl (C=O) groups is 1. The second kappa shape index (κ2) is 7.49. The predicted octanol–water partition coefficient (Wildman–Crippen LogP) is 4.55. The van der Waals surface area contributed by atoms with Crippen LogP contribution in [0.4, 0.5) is 23.7 Å². The zero-order valence-corrected chi connectivity index (χ0v) is 14.5. The molecule has 4 nitrogen and oxygen atoms in total. The van der Waals surface area contributed by atoms with Crippen LogP contribution >= 0.6 is 12.6 Å². The number of hydrogen-bond acceptors (Lipinski definition) is 3. The lowest BCUT2D eigenvalue weighted by atomic mass is 9.88. The molecule has 0 bridgehead atoms. The van der Waals surface area contributed by atoms with Gasteiger partial charge in [0.2, 0.25) is 0 Å². The topological polar surface area (TPSA) is 50.4 Å². The van der Waals surface area contributed by atoms with Crippen molar-refractivity contribution in [3.05, 3.63) is 53.6 Å². The van der Waals surface area contributed by atoms with Crippen molar-refractivity contribution in [3.63, 3.8) is 0 Å². The molecule has 0 saturated carbocycles. The van der Waals surface area contributed by atoms with Crippen molar-refractivity contribution in [1.29, 1.82) is 0 Å². The zero-order valence-electron chi connectivity index (χ0n) is 13.6. The number of anilines is 1. The van der Waals surface area contributed by atoms with Gasteiger partial charge >= 0.3 is 12.4 Å². The number of ether oxygens (including phenoxy) is 1. The molecule has 1 unspecified atom stereocenters. The molecular formula is C18H17F3N2O2S. The van der Waals surface area contributed by atoms with Crippen molar-refractivity contribution >= 4 is 24.3 Å². The van der Waals surface area contributed by atoms with Crippen molar-refractivity contribution in [2.75, 3.05) is 5.32 Å². The number of thiol groups is 1. The van der Waals surface area contributed by atoms with Crippen LogP contribution in [0.15, 0.2) is 47.4 Å². The first-order valence-electron chi connectivity index (χ1n) is 8.02. The SMILES string of the molecule is O=C(Nc1ccc(OC(F)(F)F)cc1)NC1CCc2cc(S)ccc2C1. The van der Waals surface area contributed by atoms with E-state index in [2.05, 4.69) is 28.0 Å². The van der Waals surface area contributed by atoms with Gasteiger partial charge in [0.05, 0.1) is 0 Å². The van der Waals surface area contributed by atoms with Crippen molar-refractivity contribution in [2.45, 2.75) is 36.6 Å². The molecule has 1 atom stereocenters. The van der Waals surface area contributed by atoms with Crippen LogP contribution in [0.2, 0.25) is 0 Å². The van der Waals surface area contributed by atoms with Gasteiger partial charge in [-0.05, 0) is 66.8 Å². The highest BCUT2D eigenvalue weighted by Gasteiger charge is 2.31. The number of amides is 2. The third-order valence-electron chi connectivity index (χ3n) is 4.10. The third kappa shape index (κ3) is 5.08. The molecule has 3 rings (SSSR count). The number of aryl methyl sites for hydroxylation is 1. The predicted molar refractivity (Wildman–Crippen MR) is 94.8 cm³/mol. The molecule has 8 heteroatoms. The van der Waals surface area contributed by atoms with Gasteiger partial charge in [0.1, 0.15) is 5.75 Å². The molecule has 2 aromatic rings. The fourth-order valence-corrected chi connectivity index (χ4v) is 3.19. The molecule has 26 heavy (non-hydrogen) atoms. The van der Waals surface area contributed by atoms with Crippen molar-refractivity contribution in [1.82, 2.24) is 5.32 Å². The summed E-state index contributed by atoms with van der Waals surface area (Å²) in [6.07, 6.45) is -2.33. The Balaban J connectivity index is 1.54. The van der Waals surface area contributed by atoms with E-state index in [1.807, 2.05) is 18.2 Å². The Morgan fingerprint density at radius 1 is 1.12 bits per heavy atom. The lowest BCUT2D eigenvalue weighted by molar-refractivity contribution is -0.274. The normalized spacial score (nSPS) is 16.5. The van der Waals surface area contributed by atoms with Crippen LogP contribution < -0.4 is 15.4 Å². The van der Waals surface area contributed by atoms with E-state index in [4.69, 9.17) is 0 Å². The van der Waals surface area contributed by atoms with Gasteiger partial charge in [-0.25, -0.2) is 4.79 Å². The third-order valence-corrected chi connectivity index (χ3v) is 4.38. The summed E-state index contributed by atoms with van der Waals surface area (Å²) in [5.74, 6) is -0.337. The van der Waals surface area contributed by atoms with E-state index in [1.54, 1.807) is 0 Å². The first-order chi connectivity index (χ1) is 12.3. The number of fused-ring (bicyclic) bond motifs is 1. The first-order valence-corrected chi connectivity index (χ1v) is 8.47. The molecule has 0 saturated heterocycles. The summed E-state index contributed by atoms with van der Waals surface area (Å²) in [7, 11) is 0. The van der Waals surface area contributed by atoms with Crippen LogP contribution in [-0.4, -0.2) is 18.4 Å². The molecular weight excluding hydrogens is 365 g/mol. The molecule has 2 N–H and O–H groups in total. The van der Waals surface area contributed by atoms with Gasteiger partial charge in [0.25, 0.3) is 0 Å². The average molecular weight is 382 g/mol. The largest absolute Gasteiger partial charge is 0.573 e. The summed E-state index contributed by atoms with van der Waals surface area (Å²) in [5, 5.41) is 5.51. The standard InChI is InChI=1S/C18H17F3N2O2S/c19-18(20,21)25-15-6-4-13(5-7-15)22-17(24)23-14-3-1-12-10-16(26)8-2-11(12)9-14/h2,4-8,10,14,26H,1,3,9H2,(H2,22,23,24). The van der Waals surface area contributed by atoms with E-state index in [-0.39, 0.29) is 11.8 Å². The highest BCUT2D eigenvalue weighted by atomic mass is 32.1. The Bertz CT molecular complexity index is 794. The molecule has 2 amide bonds. The van der Waals surface area contributed by atoms with Crippen LogP contribution in [0.1, 0.15) is 17.5 Å². The maximum atomic E-state index is 12.1. The number of hydrogen-bond donors (Lipinski definition) is 3. The Labute approximate surface area is 154 Å². The number of halogens is 3. The quantitative estimate of drug-likeness (QED) is 0.682. The van der Waals surface area contributed by atoms with E-state index in [0.717, 1.165) is 36.3 Å². The van der Waals surface area contributed by atoms with Crippen molar-refractivity contribution in [3.8, 4) is 5.75 Å². The summed E-state index contributed by atoms with van der Waals surface area (Å²) in [4.78, 5) is 13.0. The lowest BCUT2D eigenvalue weighted by Crippen LogP contribution is -2.41. The fraction of sp³-hybridized carbons (Fsp3) is 0.278. The van der Waals surface area contributed by atoms with Gasteiger partial charge in [-0.1, -0.05) is 6.07 Å². The molecule has 1 aliphatic carbocycles. The average Bonchev–Trinajstić information content (AvgIpc) is 2.55. The summed E-state index contributed by atoms with van der Waals surface area (Å²) >= 11 is 4.33. The fourth-order valence-electron chi connectivity index (χ4n) is 2.96. The monoisotopic (exact) mass is 382 g/mol. The Morgan fingerprint density at radius 3 is 2.54 bits per heavy atom. The summed E-state index contributed by atoms with van der Waals surface area (Å²) in [6.45, 7) is 0. The van der Waals surface area contributed by atoms with Crippen LogP contribution in [0, 0.1) is 0 Å². The van der Waals surface area contributed by atoms with Crippen LogP contribution in [-0.2, 0) is 12.8 Å². The molecule has 138 valence electrons. The number of carbonyl (C=O) groups excluding carboxylic acids is 1. The second-order valence-electron chi connectivity index (χ2n) is 6.06. The molecule has 0 heterocycles. The lowest BCUT2D eigenvalue weighted by Gasteiger charge is -2.25. The van der Waals surface area contributed by atoms with E-state index < -0.39 is 12.4 Å². The smallest absolute Gasteiger partial charge is 0.406 e. The Hall–Kier alpha value is -2.35. The number of nitrogens with one attached hydrogen (secondary N) is 2. The van der Waals surface area contributed by atoms with Crippen LogP contribution in [0.5, 0.6) is 5.75 Å². The van der Waals surface area contributed by atoms with Gasteiger partial charge in [0.15, 0.2) is 0 Å². The van der Waals surface area contributed by atoms with Gasteiger partial charge < -0.3 is 15.4 Å². The van der Waals surface area contributed by atoms with Gasteiger partial charge in [-0.15, -0.1) is 25.8 Å². The summed E-state index contributed by atoms with van der Waals surface area (Å²) in [6, 6.07) is 10.6. The zero-order chi connectivity index (χ0) is 18.7. The molecule has 0 spiro atoms. The van der Waals surface area contributed by atoms with Crippen molar-refractivity contribution in [2.24, 2.45) is 0 Å². The molecule has 0 fully saturated rings. The van der Waals surface area contributed by atoms with E-state index in [1.165, 1.54) is 23.3 Å². The first kappa shape index (κ1) is 18.4. The highest BCUT2D eigenvalue weighted by Crippen LogP contribution is 2.25. The number of rotatable bonds is 3. The number of benzene rings is 2. The molecule has 0 radical (unpaired) electrons. The maximum Gasteiger partial charge on any atom is 0.573 e. The van der Waals surface area contributed by atoms with Crippen molar-refractivity contribution < 1.29 is 22.7 Å². The Kier molecular flexibility index (Phi) is 5.31. The van der Waals surface area contributed by atoms with Gasteiger partial charge in [-0.3, -0.25) is 0 Å². The van der Waals surface area contributed by atoms with Crippen LogP contribution in [0.3, 0.4) is 0 Å². The molecule has 1 aliphatic rings. The second-order valence-corrected chi connectivity index (χ2v) is 6.58. The van der Waals surface area contributed by atoms with Gasteiger partial charge in [-0.2, -0.15) is 0 Å². The molecule has 2 aromatic carbocycles. The van der Waals surface area contributed by atoms with E-state index in [9.17, 15) is 18.0 Å². The number of urea groups is 1. The minimum Gasteiger partial charge on any atom is -0.406 e. The highest BCUT2D eigenvalue weighted by molar-refractivity contribution is 7.80. The molecule has 0 aliphatic heterocycles. The van der Waals surface area contributed by atoms with Gasteiger partial charge in [0, 0.05) is 16.6 Å². The summed E-state index contributed by atoms with van der Waals surface area (Å²) < 4.78 is 40.2. The maximum absolute atomic E-state index is 12.1. The minimum absolute atomic E-state index is 0.00102. The number of alkyl halides is 3.